The molecule has 4 nitrogen and oxygen atoms in total. The molecule has 1 fully saturated rings. The van der Waals surface area contributed by atoms with Crippen molar-refractivity contribution in [3.05, 3.63) is 23.8 Å². The van der Waals surface area contributed by atoms with Gasteiger partial charge in [-0.1, -0.05) is 6.07 Å². The van der Waals surface area contributed by atoms with E-state index in [1.807, 2.05) is 19.1 Å². The highest BCUT2D eigenvalue weighted by Crippen LogP contribution is 2.33. The Kier molecular flexibility index (Phi) is 5.26. The van der Waals surface area contributed by atoms with Crippen LogP contribution in [0.5, 0.6) is 11.5 Å². The van der Waals surface area contributed by atoms with Crippen LogP contribution in [0.25, 0.3) is 0 Å². The molecule has 1 heterocycles. The van der Waals surface area contributed by atoms with Gasteiger partial charge in [0.2, 0.25) is 0 Å². The Balaban J connectivity index is 2.08. The van der Waals surface area contributed by atoms with E-state index in [1.54, 1.807) is 13.2 Å². The minimum Gasteiger partial charge on any atom is -0.507 e. The highest BCUT2D eigenvalue weighted by atomic mass is 16.5. The molecule has 1 aromatic carbocycles. The Hall–Kier alpha value is -1.26. The van der Waals surface area contributed by atoms with Crippen LogP contribution in [0.2, 0.25) is 0 Å². The van der Waals surface area contributed by atoms with E-state index >= 15 is 0 Å². The Labute approximate surface area is 121 Å². The number of likely N-dealkylation sites (tertiary alicyclic amines) is 1. The Morgan fingerprint density at radius 3 is 2.90 bits per heavy atom. The van der Waals surface area contributed by atoms with Gasteiger partial charge in [0, 0.05) is 30.8 Å². The summed E-state index contributed by atoms with van der Waals surface area (Å²) in [6.45, 7) is 6.92. The van der Waals surface area contributed by atoms with Gasteiger partial charge in [0.1, 0.15) is 11.5 Å². The monoisotopic (exact) mass is 279 g/mol. The van der Waals surface area contributed by atoms with Gasteiger partial charge in [-0.2, -0.15) is 0 Å². The second-order valence-corrected chi connectivity index (χ2v) is 5.32. The summed E-state index contributed by atoms with van der Waals surface area (Å²) in [6, 6.07) is 5.71. The van der Waals surface area contributed by atoms with Crippen LogP contribution in [-0.2, 0) is 4.74 Å². The number of rotatable bonds is 5. The van der Waals surface area contributed by atoms with Crippen LogP contribution in [0.15, 0.2) is 18.2 Å². The molecule has 0 bridgehead atoms. The van der Waals surface area contributed by atoms with Gasteiger partial charge in [0.05, 0.1) is 13.2 Å². The van der Waals surface area contributed by atoms with Crippen molar-refractivity contribution in [2.24, 2.45) is 0 Å². The highest BCUT2D eigenvalue weighted by Gasteiger charge is 2.25. The molecule has 2 atom stereocenters. The number of benzene rings is 1. The molecule has 1 aliphatic rings. The van der Waals surface area contributed by atoms with Gasteiger partial charge in [-0.05, 0) is 39.3 Å². The molecule has 2 unspecified atom stereocenters. The standard InChI is InChI=1S/C16H25NO3/c1-4-20-14-6-5-9-17(11-14)12(2)15-8-7-13(19-3)10-16(15)18/h7-8,10,12,14,18H,4-6,9,11H2,1-3H3. The van der Waals surface area contributed by atoms with Crippen LogP contribution in [0, 0.1) is 0 Å². The average molecular weight is 279 g/mol. The first-order valence-electron chi connectivity index (χ1n) is 7.38. The zero-order valence-electron chi connectivity index (χ0n) is 12.6. The molecule has 2 rings (SSSR count). The fourth-order valence-electron chi connectivity index (χ4n) is 2.89. The molecular weight excluding hydrogens is 254 g/mol. The second kappa shape index (κ2) is 6.95. The third kappa shape index (κ3) is 3.44. The van der Waals surface area contributed by atoms with Gasteiger partial charge >= 0.3 is 0 Å². The highest BCUT2D eigenvalue weighted by molar-refractivity contribution is 5.41. The lowest BCUT2D eigenvalue weighted by atomic mass is 10.0. The summed E-state index contributed by atoms with van der Waals surface area (Å²) in [7, 11) is 1.61. The zero-order valence-corrected chi connectivity index (χ0v) is 12.6. The summed E-state index contributed by atoms with van der Waals surface area (Å²) < 4.78 is 10.9. The lowest BCUT2D eigenvalue weighted by Crippen LogP contribution is -2.41. The molecular formula is C16H25NO3. The number of phenolic OH excluding ortho intramolecular Hbond substituents is 1. The predicted molar refractivity (Wildman–Crippen MR) is 79.3 cm³/mol. The molecule has 0 aliphatic carbocycles. The Morgan fingerprint density at radius 2 is 2.25 bits per heavy atom. The van der Waals surface area contributed by atoms with Crippen molar-refractivity contribution >= 4 is 0 Å². The van der Waals surface area contributed by atoms with E-state index in [4.69, 9.17) is 9.47 Å². The van der Waals surface area contributed by atoms with Crippen molar-refractivity contribution in [1.29, 1.82) is 0 Å². The molecule has 1 saturated heterocycles. The maximum Gasteiger partial charge on any atom is 0.124 e. The predicted octanol–water partition coefficient (Wildman–Crippen LogP) is 2.96. The van der Waals surface area contributed by atoms with E-state index < -0.39 is 0 Å². The molecule has 1 aliphatic heterocycles. The fraction of sp³-hybridized carbons (Fsp3) is 0.625. The van der Waals surface area contributed by atoms with E-state index in [1.165, 1.54) is 0 Å². The largest absolute Gasteiger partial charge is 0.507 e. The van der Waals surface area contributed by atoms with Crippen molar-refractivity contribution in [3.63, 3.8) is 0 Å². The molecule has 1 aromatic rings. The SMILES string of the molecule is CCOC1CCCN(C(C)c2ccc(OC)cc2O)C1. The maximum atomic E-state index is 10.2. The summed E-state index contributed by atoms with van der Waals surface area (Å²) >= 11 is 0. The van der Waals surface area contributed by atoms with Gasteiger partial charge in [-0.15, -0.1) is 0 Å². The number of aromatic hydroxyl groups is 1. The van der Waals surface area contributed by atoms with Crippen LogP contribution in [-0.4, -0.2) is 42.9 Å². The summed E-state index contributed by atoms with van der Waals surface area (Å²) in [6.07, 6.45) is 2.59. The molecule has 0 saturated carbocycles. The number of ether oxygens (including phenoxy) is 2. The summed E-state index contributed by atoms with van der Waals surface area (Å²) in [4.78, 5) is 2.38. The first-order chi connectivity index (χ1) is 9.65. The van der Waals surface area contributed by atoms with Crippen molar-refractivity contribution in [3.8, 4) is 11.5 Å². The third-order valence-corrected chi connectivity index (χ3v) is 4.05. The van der Waals surface area contributed by atoms with Crippen LogP contribution >= 0.6 is 0 Å². The summed E-state index contributed by atoms with van der Waals surface area (Å²) in [5.41, 5.74) is 0.947. The van der Waals surface area contributed by atoms with Crippen LogP contribution in [0.1, 0.15) is 38.3 Å². The van der Waals surface area contributed by atoms with Crippen molar-refractivity contribution < 1.29 is 14.6 Å². The smallest absolute Gasteiger partial charge is 0.124 e. The average Bonchev–Trinajstić information content (AvgIpc) is 2.47. The normalized spacial score (nSPS) is 21.6. The number of methoxy groups -OCH3 is 1. The minimum atomic E-state index is 0.184. The first kappa shape index (κ1) is 15.1. The van der Waals surface area contributed by atoms with Crippen molar-refractivity contribution in [2.75, 3.05) is 26.8 Å². The van der Waals surface area contributed by atoms with Gasteiger partial charge in [-0.3, -0.25) is 4.90 Å². The van der Waals surface area contributed by atoms with E-state index in [9.17, 15) is 5.11 Å². The van der Waals surface area contributed by atoms with Gasteiger partial charge < -0.3 is 14.6 Å². The Bertz CT molecular complexity index is 434. The van der Waals surface area contributed by atoms with Gasteiger partial charge in [0.15, 0.2) is 0 Å². The van der Waals surface area contributed by atoms with E-state index in [2.05, 4.69) is 11.8 Å². The molecule has 0 aromatic heterocycles. The number of nitrogens with zero attached hydrogens (tertiary/aromatic N) is 1. The van der Waals surface area contributed by atoms with Crippen LogP contribution in [0.4, 0.5) is 0 Å². The zero-order chi connectivity index (χ0) is 14.5. The molecule has 1 N–H and O–H groups in total. The van der Waals surface area contributed by atoms with E-state index in [0.717, 1.165) is 38.1 Å². The summed E-state index contributed by atoms with van der Waals surface area (Å²) in [5, 5.41) is 10.2. The van der Waals surface area contributed by atoms with Gasteiger partial charge in [0.25, 0.3) is 0 Å². The molecule has 0 radical (unpaired) electrons. The van der Waals surface area contributed by atoms with Gasteiger partial charge in [-0.25, -0.2) is 0 Å². The van der Waals surface area contributed by atoms with Crippen LogP contribution in [0.3, 0.4) is 0 Å². The van der Waals surface area contributed by atoms with Crippen molar-refractivity contribution in [1.82, 2.24) is 4.90 Å². The number of hydrogen-bond donors (Lipinski definition) is 1. The maximum absolute atomic E-state index is 10.2. The quantitative estimate of drug-likeness (QED) is 0.900. The molecule has 0 spiro atoms. The second-order valence-electron chi connectivity index (χ2n) is 5.32. The lowest BCUT2D eigenvalue weighted by Gasteiger charge is -2.37. The Morgan fingerprint density at radius 1 is 1.45 bits per heavy atom. The fourth-order valence-corrected chi connectivity index (χ4v) is 2.89. The third-order valence-electron chi connectivity index (χ3n) is 4.05. The topological polar surface area (TPSA) is 41.9 Å². The molecule has 4 heteroatoms. The first-order valence-corrected chi connectivity index (χ1v) is 7.38. The molecule has 20 heavy (non-hydrogen) atoms. The molecule has 112 valence electrons. The number of hydrogen-bond acceptors (Lipinski definition) is 4. The van der Waals surface area contributed by atoms with Crippen molar-refractivity contribution in [2.45, 2.75) is 38.8 Å². The molecule has 0 amide bonds. The number of piperidine rings is 1. The summed E-state index contributed by atoms with van der Waals surface area (Å²) in [5.74, 6) is 0.986. The minimum absolute atomic E-state index is 0.184. The van der Waals surface area contributed by atoms with E-state index in [-0.39, 0.29) is 6.04 Å². The van der Waals surface area contributed by atoms with Crippen LogP contribution < -0.4 is 4.74 Å². The van der Waals surface area contributed by atoms with E-state index in [0.29, 0.717) is 17.6 Å². The number of phenols is 1. The lowest BCUT2D eigenvalue weighted by molar-refractivity contribution is -0.00564.